The predicted molar refractivity (Wildman–Crippen MR) is 76.8 cm³/mol. The van der Waals surface area contributed by atoms with Gasteiger partial charge in [0.25, 0.3) is 0 Å². The number of carbonyl (C=O) groups is 1. The maximum atomic E-state index is 11.7. The highest BCUT2D eigenvalue weighted by Crippen LogP contribution is 2.31. The normalized spacial score (nSPS) is 10.5. The van der Waals surface area contributed by atoms with Crippen LogP contribution in [0.15, 0.2) is 5.51 Å². The molecule has 0 amide bonds. The first kappa shape index (κ1) is 13.8. The smallest absolute Gasteiger partial charge is 0.344 e. The summed E-state index contributed by atoms with van der Waals surface area (Å²) in [4.78, 5) is 19.0. The lowest BCUT2D eigenvalue weighted by Crippen LogP contribution is -2.18. The molecule has 0 aliphatic carbocycles. The third-order valence-electron chi connectivity index (χ3n) is 2.66. The summed E-state index contributed by atoms with van der Waals surface area (Å²) in [5.74, 6) is -0.256. The van der Waals surface area contributed by atoms with Crippen molar-refractivity contribution in [3.8, 4) is 0 Å². The zero-order chi connectivity index (χ0) is 14.0. The minimum Gasteiger partial charge on any atom is -0.465 e. The minimum atomic E-state index is -0.464. The summed E-state index contributed by atoms with van der Waals surface area (Å²) in [7, 11) is 3.22. The summed E-state index contributed by atoms with van der Waals surface area (Å²) in [6.07, 6.45) is 0. The summed E-state index contributed by atoms with van der Waals surface area (Å²) in [6, 6.07) is 0. The molecule has 2 heterocycles. The van der Waals surface area contributed by atoms with Crippen LogP contribution in [0.2, 0.25) is 0 Å². The van der Waals surface area contributed by atoms with E-state index in [0.29, 0.717) is 17.1 Å². The number of nitrogens with two attached hydrogens (primary N) is 1. The second-order valence-electron chi connectivity index (χ2n) is 3.96. The van der Waals surface area contributed by atoms with Gasteiger partial charge in [-0.25, -0.2) is 9.78 Å². The molecule has 102 valence electrons. The van der Waals surface area contributed by atoms with Crippen molar-refractivity contribution in [3.05, 3.63) is 21.6 Å². The van der Waals surface area contributed by atoms with E-state index in [2.05, 4.69) is 9.36 Å². The predicted octanol–water partition coefficient (Wildman–Crippen LogP) is 1.91. The van der Waals surface area contributed by atoms with Crippen LogP contribution in [-0.2, 0) is 11.3 Å². The standard InChI is InChI=1S/C11H14N4O2S2/c1-6-7(18-5-13-6)4-15(2)10-8(11(16)17-3)9(12)14-19-10/h5H,4H2,1-3H3,(H2,12,14). The summed E-state index contributed by atoms with van der Waals surface area (Å²) >= 11 is 2.77. The Hall–Kier alpha value is -1.67. The molecular weight excluding hydrogens is 284 g/mol. The molecule has 0 saturated carbocycles. The molecule has 8 heteroatoms. The SMILES string of the molecule is COC(=O)c1c(N)nsc1N(C)Cc1scnc1C. The molecule has 0 bridgehead atoms. The molecule has 2 rings (SSSR count). The number of nitrogens with zero attached hydrogens (tertiary/aromatic N) is 3. The molecule has 0 atom stereocenters. The second-order valence-corrected chi connectivity index (χ2v) is 5.65. The van der Waals surface area contributed by atoms with Crippen molar-refractivity contribution in [3.63, 3.8) is 0 Å². The lowest BCUT2D eigenvalue weighted by Gasteiger charge is -2.17. The minimum absolute atomic E-state index is 0.208. The molecule has 0 spiro atoms. The van der Waals surface area contributed by atoms with Gasteiger partial charge >= 0.3 is 5.97 Å². The zero-order valence-electron chi connectivity index (χ0n) is 10.8. The van der Waals surface area contributed by atoms with Gasteiger partial charge in [-0.3, -0.25) is 0 Å². The van der Waals surface area contributed by atoms with Gasteiger partial charge in [-0.15, -0.1) is 11.3 Å². The van der Waals surface area contributed by atoms with E-state index in [1.165, 1.54) is 18.6 Å². The van der Waals surface area contributed by atoms with Crippen LogP contribution in [0.3, 0.4) is 0 Å². The van der Waals surface area contributed by atoms with Gasteiger partial charge in [0.15, 0.2) is 5.82 Å². The number of esters is 1. The number of methoxy groups -OCH3 is 1. The summed E-state index contributed by atoms with van der Waals surface area (Å²) in [6.45, 7) is 2.62. The highest BCUT2D eigenvalue weighted by molar-refractivity contribution is 7.11. The van der Waals surface area contributed by atoms with Crippen LogP contribution in [-0.4, -0.2) is 29.5 Å². The Bertz CT molecular complexity index is 593. The number of hydrogen-bond donors (Lipinski definition) is 1. The Kier molecular flexibility index (Phi) is 4.01. The van der Waals surface area contributed by atoms with Crippen molar-refractivity contribution in [1.29, 1.82) is 0 Å². The van der Waals surface area contributed by atoms with E-state index in [9.17, 15) is 4.79 Å². The number of aryl methyl sites for hydroxylation is 1. The molecule has 0 aliphatic rings. The fourth-order valence-electron chi connectivity index (χ4n) is 1.61. The van der Waals surface area contributed by atoms with Gasteiger partial charge in [-0.05, 0) is 18.5 Å². The van der Waals surface area contributed by atoms with E-state index in [4.69, 9.17) is 10.5 Å². The molecule has 2 N–H and O–H groups in total. The molecule has 0 radical (unpaired) electrons. The summed E-state index contributed by atoms with van der Waals surface area (Å²) in [5.41, 5.74) is 8.85. The number of hydrogen-bond acceptors (Lipinski definition) is 8. The van der Waals surface area contributed by atoms with Gasteiger partial charge < -0.3 is 15.4 Å². The average molecular weight is 298 g/mol. The van der Waals surface area contributed by atoms with Crippen molar-refractivity contribution >= 4 is 39.7 Å². The van der Waals surface area contributed by atoms with Crippen LogP contribution in [0.5, 0.6) is 0 Å². The van der Waals surface area contributed by atoms with Gasteiger partial charge in [-0.2, -0.15) is 4.37 Å². The van der Waals surface area contributed by atoms with Crippen molar-refractivity contribution < 1.29 is 9.53 Å². The van der Waals surface area contributed by atoms with E-state index >= 15 is 0 Å². The largest absolute Gasteiger partial charge is 0.465 e. The Morgan fingerprint density at radius 2 is 2.32 bits per heavy atom. The number of thiazole rings is 1. The highest BCUT2D eigenvalue weighted by Gasteiger charge is 2.23. The topological polar surface area (TPSA) is 81.3 Å². The Labute approximate surface area is 119 Å². The molecule has 2 aromatic rings. The van der Waals surface area contributed by atoms with Crippen LogP contribution < -0.4 is 10.6 Å². The lowest BCUT2D eigenvalue weighted by atomic mass is 10.3. The molecule has 6 nitrogen and oxygen atoms in total. The summed E-state index contributed by atoms with van der Waals surface area (Å²) < 4.78 is 8.76. The van der Waals surface area contributed by atoms with Crippen LogP contribution in [0, 0.1) is 6.92 Å². The number of rotatable bonds is 4. The second kappa shape index (κ2) is 5.54. The van der Waals surface area contributed by atoms with Gasteiger partial charge in [0.05, 0.1) is 24.9 Å². The Balaban J connectivity index is 2.27. The maximum Gasteiger partial charge on any atom is 0.344 e. The number of aromatic nitrogens is 2. The first-order chi connectivity index (χ1) is 9.04. The van der Waals surface area contributed by atoms with E-state index in [1.54, 1.807) is 16.8 Å². The third-order valence-corrected chi connectivity index (χ3v) is 4.56. The average Bonchev–Trinajstić information content (AvgIpc) is 2.95. The summed E-state index contributed by atoms with van der Waals surface area (Å²) in [5, 5.41) is 0.706. The molecule has 0 unspecified atom stereocenters. The van der Waals surface area contributed by atoms with Gasteiger partial charge in [0, 0.05) is 11.9 Å². The van der Waals surface area contributed by atoms with Crippen molar-refractivity contribution in [2.75, 3.05) is 24.8 Å². The highest BCUT2D eigenvalue weighted by atomic mass is 32.1. The molecule has 0 aliphatic heterocycles. The quantitative estimate of drug-likeness (QED) is 0.868. The fraction of sp³-hybridized carbons (Fsp3) is 0.364. The number of nitrogen functional groups attached to an aromatic ring is 1. The van der Waals surface area contributed by atoms with Crippen molar-refractivity contribution in [2.45, 2.75) is 13.5 Å². The van der Waals surface area contributed by atoms with Crippen LogP contribution in [0.1, 0.15) is 20.9 Å². The molecule has 0 aromatic carbocycles. The van der Waals surface area contributed by atoms with Gasteiger partial charge in [0.2, 0.25) is 0 Å². The van der Waals surface area contributed by atoms with E-state index in [-0.39, 0.29) is 5.82 Å². The Morgan fingerprint density at radius 1 is 1.58 bits per heavy atom. The monoisotopic (exact) mass is 298 g/mol. The van der Waals surface area contributed by atoms with E-state index in [0.717, 1.165) is 10.6 Å². The Morgan fingerprint density at radius 3 is 2.89 bits per heavy atom. The van der Waals surface area contributed by atoms with Crippen molar-refractivity contribution in [2.24, 2.45) is 0 Å². The first-order valence-electron chi connectivity index (χ1n) is 5.48. The fourth-order valence-corrected chi connectivity index (χ4v) is 3.20. The maximum absolute atomic E-state index is 11.7. The van der Waals surface area contributed by atoms with E-state index in [1.807, 2.05) is 18.9 Å². The van der Waals surface area contributed by atoms with E-state index < -0.39 is 5.97 Å². The number of carbonyl (C=O) groups excluding carboxylic acids is 1. The van der Waals surface area contributed by atoms with Gasteiger partial charge in [0.1, 0.15) is 10.6 Å². The molecular formula is C11H14N4O2S2. The van der Waals surface area contributed by atoms with Crippen LogP contribution in [0.4, 0.5) is 10.8 Å². The molecule has 2 aromatic heterocycles. The number of anilines is 2. The lowest BCUT2D eigenvalue weighted by molar-refractivity contribution is 0.0603. The number of ether oxygens (including phenoxy) is 1. The van der Waals surface area contributed by atoms with Crippen molar-refractivity contribution in [1.82, 2.24) is 9.36 Å². The van der Waals surface area contributed by atoms with Crippen LogP contribution in [0.25, 0.3) is 0 Å². The molecule has 0 saturated heterocycles. The molecule has 19 heavy (non-hydrogen) atoms. The van der Waals surface area contributed by atoms with Crippen LogP contribution >= 0.6 is 22.9 Å². The van der Waals surface area contributed by atoms with Gasteiger partial charge in [-0.1, -0.05) is 0 Å². The third kappa shape index (κ3) is 2.69. The first-order valence-corrected chi connectivity index (χ1v) is 7.13. The zero-order valence-corrected chi connectivity index (χ0v) is 12.5. The molecule has 0 fully saturated rings.